The lowest BCUT2D eigenvalue weighted by atomic mass is 9.92. The number of carbonyl (C=O) groups is 1. The zero-order valence-corrected chi connectivity index (χ0v) is 20.1. The van der Waals surface area contributed by atoms with Crippen molar-refractivity contribution in [2.75, 3.05) is 18.9 Å². The van der Waals surface area contributed by atoms with Crippen molar-refractivity contribution in [2.45, 2.75) is 57.6 Å². The first kappa shape index (κ1) is 25.9. The molecule has 6 atom stereocenters. The SMILES string of the molecule is C[C@H](N[P+](=O)OC[C@H]1O[C@@](C#N)(c2ccc3c(N)ncnn23)[C@H](O)[C@@H]1O)C(=O)OCC(C)(C)C. The van der Waals surface area contributed by atoms with Crippen LogP contribution in [-0.2, 0) is 29.0 Å². The molecule has 1 saturated heterocycles. The van der Waals surface area contributed by atoms with Crippen LogP contribution in [0.1, 0.15) is 33.4 Å². The highest BCUT2D eigenvalue weighted by Crippen LogP contribution is 2.41. The highest BCUT2D eigenvalue weighted by Gasteiger charge is 2.58. The van der Waals surface area contributed by atoms with E-state index in [1.165, 1.54) is 23.8 Å². The van der Waals surface area contributed by atoms with Crippen LogP contribution >= 0.6 is 8.18 Å². The molecule has 3 heterocycles. The lowest BCUT2D eigenvalue weighted by molar-refractivity contribution is -0.148. The fourth-order valence-electron chi connectivity index (χ4n) is 3.35. The highest BCUT2D eigenvalue weighted by molar-refractivity contribution is 7.36. The van der Waals surface area contributed by atoms with Gasteiger partial charge in [0.2, 0.25) is 5.60 Å². The predicted octanol–water partition coefficient (Wildman–Crippen LogP) is 0.392. The Kier molecular flexibility index (Phi) is 7.52. The maximum atomic E-state index is 12.3. The fourth-order valence-corrected chi connectivity index (χ4v) is 4.13. The van der Waals surface area contributed by atoms with Crippen LogP contribution in [-0.4, -0.2) is 68.3 Å². The number of aromatic nitrogens is 3. The first-order valence-corrected chi connectivity index (χ1v) is 11.6. The van der Waals surface area contributed by atoms with Gasteiger partial charge < -0.3 is 25.4 Å². The van der Waals surface area contributed by atoms with Gasteiger partial charge >= 0.3 is 14.1 Å². The van der Waals surface area contributed by atoms with Gasteiger partial charge in [-0.05, 0) is 29.0 Å². The molecule has 14 heteroatoms. The number of hydrogen-bond donors (Lipinski definition) is 4. The van der Waals surface area contributed by atoms with E-state index in [1.54, 1.807) is 6.07 Å². The molecule has 1 aliphatic rings. The van der Waals surface area contributed by atoms with Crippen LogP contribution in [0.25, 0.3) is 5.52 Å². The number of nitrogen functional groups attached to an aromatic ring is 1. The van der Waals surface area contributed by atoms with Crippen LogP contribution in [0.2, 0.25) is 0 Å². The van der Waals surface area contributed by atoms with Gasteiger partial charge in [-0.2, -0.15) is 10.4 Å². The van der Waals surface area contributed by atoms with Crippen molar-refractivity contribution in [2.24, 2.45) is 5.41 Å². The standard InChI is InChI=1S/C20H28N6O7P/c1-11(18(29)31-9-19(2,3)4)25-34(30)32-7-13-15(27)16(28)20(8-21,33-13)14-6-5-12-17(22)23-10-24-26(12)14/h5-6,10-11,13,15-16,27-28H,7,9H2,1-4H3,(H,25,30)(H2,22,23,24)/q+1/t11-,13+,15+,16+,20-/m0/s1. The molecule has 0 radical (unpaired) electrons. The number of nitrogens with two attached hydrogens (primary N) is 1. The number of esters is 1. The smallest absolute Gasteiger partial charge is 0.464 e. The Morgan fingerprint density at radius 3 is 2.82 bits per heavy atom. The number of nitriles is 1. The average Bonchev–Trinajstić information content (AvgIpc) is 3.31. The number of ether oxygens (including phenoxy) is 2. The van der Waals surface area contributed by atoms with Gasteiger partial charge in [-0.3, -0.25) is 4.79 Å². The number of fused-ring (bicyclic) bond motifs is 1. The van der Waals surface area contributed by atoms with Crippen LogP contribution in [0, 0.1) is 16.7 Å². The summed E-state index contributed by atoms with van der Waals surface area (Å²) in [6, 6.07) is 4.02. The highest BCUT2D eigenvalue weighted by atomic mass is 31.1. The molecule has 2 aromatic rings. The molecular formula is C20H28N6O7P+. The molecule has 0 aromatic carbocycles. The van der Waals surface area contributed by atoms with E-state index in [4.69, 9.17) is 19.7 Å². The number of hydrogen-bond acceptors (Lipinski definition) is 11. The molecule has 13 nitrogen and oxygen atoms in total. The molecule has 0 bridgehead atoms. The molecule has 0 amide bonds. The number of aliphatic hydroxyl groups is 2. The lowest BCUT2D eigenvalue weighted by Gasteiger charge is -2.24. The average molecular weight is 495 g/mol. The Morgan fingerprint density at radius 1 is 1.47 bits per heavy atom. The quantitative estimate of drug-likeness (QED) is 0.291. The van der Waals surface area contributed by atoms with Crippen LogP contribution in [0.3, 0.4) is 0 Å². The predicted molar refractivity (Wildman–Crippen MR) is 118 cm³/mol. The lowest BCUT2D eigenvalue weighted by Crippen LogP contribution is -2.41. The van der Waals surface area contributed by atoms with Gasteiger partial charge in [0.1, 0.15) is 48.9 Å². The summed E-state index contributed by atoms with van der Waals surface area (Å²) >= 11 is 0. The second-order valence-corrected chi connectivity index (χ2v) is 10.2. The van der Waals surface area contributed by atoms with Crippen molar-refractivity contribution < 1.29 is 33.6 Å². The topological polar surface area (TPSA) is 194 Å². The zero-order chi connectivity index (χ0) is 25.3. The first-order chi connectivity index (χ1) is 15.9. The van der Waals surface area contributed by atoms with E-state index < -0.39 is 50.7 Å². The van der Waals surface area contributed by atoms with Gasteiger partial charge in [0.25, 0.3) is 0 Å². The van der Waals surface area contributed by atoms with Gasteiger partial charge in [-0.15, -0.1) is 4.52 Å². The van der Waals surface area contributed by atoms with Gasteiger partial charge in [0.15, 0.2) is 5.82 Å². The van der Waals surface area contributed by atoms with Gasteiger partial charge in [0, 0.05) is 0 Å². The zero-order valence-electron chi connectivity index (χ0n) is 19.2. The third kappa shape index (κ3) is 5.17. The van der Waals surface area contributed by atoms with Gasteiger partial charge in [-0.1, -0.05) is 25.9 Å². The molecule has 1 aliphatic heterocycles. The maximum Gasteiger partial charge on any atom is 0.613 e. The number of carbonyl (C=O) groups excluding carboxylic acids is 1. The number of rotatable bonds is 8. The molecule has 2 aromatic heterocycles. The third-order valence-corrected chi connectivity index (χ3v) is 6.12. The Bertz CT molecular complexity index is 1110. The summed E-state index contributed by atoms with van der Waals surface area (Å²) < 4.78 is 29.7. The van der Waals surface area contributed by atoms with E-state index in [9.17, 15) is 24.8 Å². The van der Waals surface area contributed by atoms with Crippen molar-refractivity contribution in [1.29, 1.82) is 5.26 Å². The van der Waals surface area contributed by atoms with Crippen molar-refractivity contribution >= 4 is 25.5 Å². The minimum atomic E-state index is -2.55. The summed E-state index contributed by atoms with van der Waals surface area (Å²) in [7, 11) is -2.55. The van der Waals surface area contributed by atoms with Crippen molar-refractivity contribution in [3.63, 3.8) is 0 Å². The number of nitrogens with one attached hydrogen (secondary N) is 1. The number of aliphatic hydroxyl groups excluding tert-OH is 2. The van der Waals surface area contributed by atoms with Crippen molar-refractivity contribution in [3.05, 3.63) is 24.2 Å². The van der Waals surface area contributed by atoms with E-state index in [0.29, 0.717) is 5.52 Å². The normalized spacial score (nSPS) is 26.3. The second-order valence-electron chi connectivity index (χ2n) is 9.17. The third-order valence-electron chi connectivity index (χ3n) is 5.14. The molecule has 184 valence electrons. The van der Waals surface area contributed by atoms with Crippen LogP contribution in [0.5, 0.6) is 0 Å². The van der Waals surface area contributed by atoms with Crippen molar-refractivity contribution in [1.82, 2.24) is 19.7 Å². The summed E-state index contributed by atoms with van der Waals surface area (Å²) in [5.41, 5.74) is 4.12. The molecule has 34 heavy (non-hydrogen) atoms. The number of anilines is 1. The maximum absolute atomic E-state index is 12.3. The molecule has 0 spiro atoms. The molecule has 3 rings (SSSR count). The van der Waals surface area contributed by atoms with E-state index in [-0.39, 0.29) is 23.5 Å². The van der Waals surface area contributed by atoms with E-state index in [1.807, 2.05) is 26.8 Å². The minimum absolute atomic E-state index is 0.130. The first-order valence-electron chi connectivity index (χ1n) is 10.5. The monoisotopic (exact) mass is 495 g/mol. The van der Waals surface area contributed by atoms with Crippen LogP contribution < -0.4 is 10.8 Å². The second kappa shape index (κ2) is 9.87. The summed E-state index contributed by atoms with van der Waals surface area (Å²) in [6.45, 7) is 6.94. The minimum Gasteiger partial charge on any atom is -0.464 e. The van der Waals surface area contributed by atoms with E-state index in [2.05, 4.69) is 15.2 Å². The van der Waals surface area contributed by atoms with Crippen LogP contribution in [0.4, 0.5) is 5.82 Å². The Hall–Kier alpha value is -2.72. The largest absolute Gasteiger partial charge is 0.613 e. The van der Waals surface area contributed by atoms with Crippen LogP contribution in [0.15, 0.2) is 18.5 Å². The van der Waals surface area contributed by atoms with E-state index >= 15 is 0 Å². The molecule has 1 unspecified atom stereocenters. The number of nitrogens with zero attached hydrogens (tertiary/aromatic N) is 4. The van der Waals surface area contributed by atoms with Crippen molar-refractivity contribution in [3.8, 4) is 6.07 Å². The fraction of sp³-hybridized carbons (Fsp3) is 0.600. The summed E-state index contributed by atoms with van der Waals surface area (Å²) in [5.74, 6) is -0.445. The summed E-state index contributed by atoms with van der Waals surface area (Å²) in [6.07, 6.45) is -3.23. The summed E-state index contributed by atoms with van der Waals surface area (Å²) in [5, 5.41) is 37.6. The molecule has 0 saturated carbocycles. The molecular weight excluding hydrogens is 467 g/mol. The Labute approximate surface area is 196 Å². The molecule has 1 fully saturated rings. The Balaban J connectivity index is 1.65. The van der Waals surface area contributed by atoms with Gasteiger partial charge in [0.05, 0.1) is 12.3 Å². The summed E-state index contributed by atoms with van der Waals surface area (Å²) in [4.78, 5) is 15.9. The van der Waals surface area contributed by atoms with Gasteiger partial charge in [-0.25, -0.2) is 9.50 Å². The molecule has 5 N–H and O–H groups in total. The molecule has 0 aliphatic carbocycles. The Morgan fingerprint density at radius 2 is 2.18 bits per heavy atom. The van der Waals surface area contributed by atoms with E-state index in [0.717, 1.165) is 0 Å².